The summed E-state index contributed by atoms with van der Waals surface area (Å²) in [6.07, 6.45) is 2.36. The standard InChI is InChI=1S/C17H24ClN3O2/c1-2-4-15(19)17(23)21-10-3-9-20(11-12-21)16(22)13-5-7-14(18)8-6-13/h5-8,15H,2-4,9-12,19H2,1H3. The van der Waals surface area contributed by atoms with E-state index < -0.39 is 6.04 Å². The van der Waals surface area contributed by atoms with Crippen LogP contribution in [0.25, 0.3) is 0 Å². The van der Waals surface area contributed by atoms with Crippen LogP contribution in [0.15, 0.2) is 24.3 Å². The molecule has 0 spiro atoms. The third kappa shape index (κ3) is 4.69. The molecule has 126 valence electrons. The van der Waals surface area contributed by atoms with E-state index in [-0.39, 0.29) is 11.8 Å². The lowest BCUT2D eigenvalue weighted by molar-refractivity contribution is -0.132. The second kappa shape index (κ2) is 8.31. The normalized spacial score (nSPS) is 16.8. The number of benzene rings is 1. The van der Waals surface area contributed by atoms with Gasteiger partial charge in [-0.3, -0.25) is 9.59 Å². The van der Waals surface area contributed by atoms with Gasteiger partial charge in [-0.05, 0) is 37.1 Å². The van der Waals surface area contributed by atoms with E-state index in [9.17, 15) is 9.59 Å². The van der Waals surface area contributed by atoms with Crippen LogP contribution in [0.5, 0.6) is 0 Å². The van der Waals surface area contributed by atoms with Crippen molar-refractivity contribution in [3.05, 3.63) is 34.9 Å². The second-order valence-electron chi connectivity index (χ2n) is 5.87. The van der Waals surface area contributed by atoms with E-state index >= 15 is 0 Å². The summed E-state index contributed by atoms with van der Waals surface area (Å²) in [5.41, 5.74) is 6.55. The summed E-state index contributed by atoms with van der Waals surface area (Å²) >= 11 is 5.86. The van der Waals surface area contributed by atoms with Crippen molar-refractivity contribution in [1.29, 1.82) is 0 Å². The van der Waals surface area contributed by atoms with Crippen LogP contribution in [0.3, 0.4) is 0 Å². The summed E-state index contributed by atoms with van der Waals surface area (Å²) in [4.78, 5) is 28.4. The van der Waals surface area contributed by atoms with Crippen molar-refractivity contribution >= 4 is 23.4 Å². The van der Waals surface area contributed by atoms with Gasteiger partial charge in [0.1, 0.15) is 0 Å². The van der Waals surface area contributed by atoms with E-state index in [4.69, 9.17) is 17.3 Å². The number of carbonyl (C=O) groups excluding carboxylic acids is 2. The van der Waals surface area contributed by atoms with Gasteiger partial charge in [0.05, 0.1) is 6.04 Å². The van der Waals surface area contributed by atoms with Gasteiger partial charge in [-0.1, -0.05) is 24.9 Å². The molecule has 0 aromatic heterocycles. The minimum atomic E-state index is -0.432. The highest BCUT2D eigenvalue weighted by atomic mass is 35.5. The van der Waals surface area contributed by atoms with Crippen LogP contribution in [-0.2, 0) is 4.79 Å². The maximum atomic E-state index is 12.5. The van der Waals surface area contributed by atoms with Crippen LogP contribution in [0.4, 0.5) is 0 Å². The lowest BCUT2D eigenvalue weighted by atomic mass is 10.1. The highest BCUT2D eigenvalue weighted by molar-refractivity contribution is 6.30. The highest BCUT2D eigenvalue weighted by Gasteiger charge is 2.25. The van der Waals surface area contributed by atoms with Crippen molar-refractivity contribution in [2.45, 2.75) is 32.2 Å². The number of halogens is 1. The van der Waals surface area contributed by atoms with Crippen LogP contribution >= 0.6 is 11.6 Å². The van der Waals surface area contributed by atoms with E-state index in [0.717, 1.165) is 12.8 Å². The fourth-order valence-corrected chi connectivity index (χ4v) is 2.91. The molecule has 0 aliphatic carbocycles. The molecule has 1 aliphatic rings. The maximum Gasteiger partial charge on any atom is 0.253 e. The van der Waals surface area contributed by atoms with Crippen LogP contribution in [0.2, 0.25) is 5.02 Å². The zero-order valence-electron chi connectivity index (χ0n) is 13.5. The predicted octanol–water partition coefficient (Wildman–Crippen LogP) is 2.14. The average molecular weight is 338 g/mol. The van der Waals surface area contributed by atoms with E-state index in [1.54, 1.807) is 34.1 Å². The second-order valence-corrected chi connectivity index (χ2v) is 6.31. The summed E-state index contributed by atoms with van der Waals surface area (Å²) < 4.78 is 0. The Balaban J connectivity index is 1.96. The molecular weight excluding hydrogens is 314 g/mol. The average Bonchev–Trinajstić information content (AvgIpc) is 2.80. The number of rotatable bonds is 4. The number of amides is 2. The van der Waals surface area contributed by atoms with Crippen molar-refractivity contribution in [2.75, 3.05) is 26.2 Å². The maximum absolute atomic E-state index is 12.5. The molecule has 2 amide bonds. The van der Waals surface area contributed by atoms with Gasteiger partial charge in [0.15, 0.2) is 0 Å². The number of nitrogens with zero attached hydrogens (tertiary/aromatic N) is 2. The Labute approximate surface area is 142 Å². The molecule has 2 N–H and O–H groups in total. The number of hydrogen-bond acceptors (Lipinski definition) is 3. The summed E-state index contributed by atoms with van der Waals surface area (Å²) in [5.74, 6) is -0.0264. The van der Waals surface area contributed by atoms with Gasteiger partial charge in [-0.2, -0.15) is 0 Å². The molecule has 23 heavy (non-hydrogen) atoms. The van der Waals surface area contributed by atoms with Crippen LogP contribution in [0, 0.1) is 0 Å². The monoisotopic (exact) mass is 337 g/mol. The van der Waals surface area contributed by atoms with Gasteiger partial charge < -0.3 is 15.5 Å². The van der Waals surface area contributed by atoms with E-state index in [1.807, 2.05) is 6.92 Å². The van der Waals surface area contributed by atoms with Gasteiger partial charge in [0.2, 0.25) is 5.91 Å². The number of hydrogen-bond donors (Lipinski definition) is 1. The Bertz CT molecular complexity index is 547. The minimum absolute atomic E-state index is 0.00681. The Kier molecular flexibility index (Phi) is 6.42. The zero-order chi connectivity index (χ0) is 16.8. The summed E-state index contributed by atoms with van der Waals surface area (Å²) in [5, 5.41) is 0.610. The molecule has 0 saturated carbocycles. The number of nitrogens with two attached hydrogens (primary N) is 1. The van der Waals surface area contributed by atoms with E-state index in [1.165, 1.54) is 0 Å². The molecule has 1 atom stereocenters. The Hall–Kier alpha value is -1.59. The van der Waals surface area contributed by atoms with Crippen molar-refractivity contribution < 1.29 is 9.59 Å². The molecule has 1 unspecified atom stereocenters. The van der Waals surface area contributed by atoms with E-state index in [0.29, 0.717) is 43.2 Å². The van der Waals surface area contributed by atoms with Gasteiger partial charge in [0, 0.05) is 36.8 Å². The van der Waals surface area contributed by atoms with Crippen LogP contribution < -0.4 is 5.73 Å². The van der Waals surface area contributed by atoms with Gasteiger partial charge in [0.25, 0.3) is 5.91 Å². The summed E-state index contributed by atoms with van der Waals surface area (Å²) in [7, 11) is 0. The van der Waals surface area contributed by atoms with Gasteiger partial charge >= 0.3 is 0 Å². The molecule has 1 aromatic rings. The summed E-state index contributed by atoms with van der Waals surface area (Å²) in [6.45, 7) is 4.39. The highest BCUT2D eigenvalue weighted by Crippen LogP contribution is 2.14. The molecule has 1 fully saturated rings. The molecule has 2 rings (SSSR count). The number of carbonyl (C=O) groups is 2. The van der Waals surface area contributed by atoms with E-state index in [2.05, 4.69) is 0 Å². The molecule has 0 radical (unpaired) electrons. The fraction of sp³-hybridized carbons (Fsp3) is 0.529. The van der Waals surface area contributed by atoms with Crippen molar-refractivity contribution in [3.8, 4) is 0 Å². The molecule has 1 aliphatic heterocycles. The largest absolute Gasteiger partial charge is 0.340 e. The Morgan fingerprint density at radius 1 is 1.13 bits per heavy atom. The first-order valence-electron chi connectivity index (χ1n) is 8.12. The van der Waals surface area contributed by atoms with Gasteiger partial charge in [-0.25, -0.2) is 0 Å². The quantitative estimate of drug-likeness (QED) is 0.915. The third-order valence-electron chi connectivity index (χ3n) is 4.10. The van der Waals surface area contributed by atoms with Crippen molar-refractivity contribution in [1.82, 2.24) is 9.80 Å². The molecule has 6 heteroatoms. The zero-order valence-corrected chi connectivity index (χ0v) is 14.3. The molecule has 0 bridgehead atoms. The Morgan fingerprint density at radius 3 is 2.39 bits per heavy atom. The smallest absolute Gasteiger partial charge is 0.253 e. The van der Waals surface area contributed by atoms with Crippen molar-refractivity contribution in [3.63, 3.8) is 0 Å². The molecule has 1 saturated heterocycles. The first kappa shape index (κ1) is 17.8. The predicted molar refractivity (Wildman–Crippen MR) is 91.4 cm³/mol. The fourth-order valence-electron chi connectivity index (χ4n) is 2.78. The van der Waals surface area contributed by atoms with Gasteiger partial charge in [-0.15, -0.1) is 0 Å². The van der Waals surface area contributed by atoms with Crippen molar-refractivity contribution in [2.24, 2.45) is 5.73 Å². The topological polar surface area (TPSA) is 66.6 Å². The molecular formula is C17H24ClN3O2. The lowest BCUT2D eigenvalue weighted by Gasteiger charge is -2.24. The summed E-state index contributed by atoms with van der Waals surface area (Å²) in [6, 6.07) is 6.46. The van der Waals surface area contributed by atoms with Crippen LogP contribution in [0.1, 0.15) is 36.5 Å². The third-order valence-corrected chi connectivity index (χ3v) is 4.35. The molecule has 5 nitrogen and oxygen atoms in total. The first-order chi connectivity index (χ1) is 11.0. The lowest BCUT2D eigenvalue weighted by Crippen LogP contribution is -2.45. The minimum Gasteiger partial charge on any atom is -0.340 e. The molecule has 1 heterocycles. The first-order valence-corrected chi connectivity index (χ1v) is 8.50. The SMILES string of the molecule is CCCC(N)C(=O)N1CCCN(C(=O)c2ccc(Cl)cc2)CC1. The van der Waals surface area contributed by atoms with Crippen LogP contribution in [-0.4, -0.2) is 53.8 Å². The Morgan fingerprint density at radius 2 is 1.74 bits per heavy atom. The molecule has 1 aromatic carbocycles.